The van der Waals surface area contributed by atoms with Crippen LogP contribution in [0.25, 0.3) is 0 Å². The molecule has 9 N–H and O–H groups in total. The Kier molecular flexibility index (Phi) is 14.4. The van der Waals surface area contributed by atoms with Gasteiger partial charge in [-0.3, -0.25) is 14.4 Å². The molecule has 39 nitrogen and oxygen atoms in total. The third-order valence-electron chi connectivity index (χ3n) is 23.5. The van der Waals surface area contributed by atoms with Gasteiger partial charge in [-0.15, -0.1) is 0 Å². The van der Waals surface area contributed by atoms with E-state index in [-0.39, 0.29) is 79.0 Å². The largest absolute Gasteiger partial charge is 0.502 e. The number of carbonyl (C=O) groups is 3. The number of phenols is 3. The molecule has 21 rings (SSSR count). The minimum absolute atomic E-state index is 0.0153. The zero-order valence-corrected chi connectivity index (χ0v) is 64.6. The molecule has 678 valence electrons. The molecule has 0 amide bonds. The Bertz CT molecular complexity index is 6670. The van der Waals surface area contributed by atoms with Gasteiger partial charge in [-0.05, 0) is 144 Å². The number of rotatable bonds is 15. The minimum atomic E-state index is -3.28. The number of aliphatic hydroxyl groups is 6. The van der Waals surface area contributed by atoms with E-state index in [4.69, 9.17) is 175 Å². The normalized spacial score (nSPS) is 45.6. The highest BCUT2D eigenvalue weighted by atomic mass is 16.8. The summed E-state index contributed by atoms with van der Waals surface area (Å²) < 4.78 is 436. The summed E-state index contributed by atoms with van der Waals surface area (Å²) in [6.45, 7) is -18.3. The van der Waals surface area contributed by atoms with Crippen LogP contribution in [-0.4, -0.2) is 277 Å². The van der Waals surface area contributed by atoms with Crippen LogP contribution < -0.4 is 56.8 Å². The molecular weight excluding hydrogens is 1670 g/mol. The van der Waals surface area contributed by atoms with Gasteiger partial charge in [0.1, 0.15) is 81.5 Å². The summed E-state index contributed by atoms with van der Waals surface area (Å²) in [7, 11) is -19.4. The average molecular weight is 1800 g/mol. The number of aliphatic hydroxyl groups excluding tert-OH is 6. The second kappa shape index (κ2) is 34.2. The van der Waals surface area contributed by atoms with Gasteiger partial charge in [-0.25, -0.2) is 0 Å². The lowest BCUT2D eigenvalue weighted by molar-refractivity contribution is -0.364. The summed E-state index contributed by atoms with van der Waals surface area (Å²) in [4.78, 5) is 41.3. The predicted molar refractivity (Wildman–Crippen MR) is 415 cm³/mol. The molecule has 15 aliphatic rings. The van der Waals surface area contributed by atoms with E-state index in [1.54, 1.807) is 0 Å². The van der Waals surface area contributed by atoms with E-state index in [1.165, 1.54) is 39.0 Å². The lowest BCUT2D eigenvalue weighted by atomic mass is 9.66. The molecule has 9 fully saturated rings. The van der Waals surface area contributed by atoms with E-state index in [9.17, 15) is 63.1 Å². The molecule has 6 aromatic carbocycles. The topological polar surface area (TPSA) is 482 Å². The number of esters is 3. The van der Waals surface area contributed by atoms with Crippen molar-refractivity contribution in [3.05, 3.63) is 123 Å². The SMILES string of the molecule is [2H]C([2H])([2H])Oc1cc([C@@H]2c3cc4c(cc3[C@@H](O[C@@H]3O[C@H]5[C@@H](O[C@H](C)OC5([2H])[2H])[C@H](O)[C@H]3O)[C@@H]3[C@@H]2C(=O)OC3([2H])[2H])OC([2H])([2H])O4)cc(OC([2H])([2H])[2H])c1O.[2H]C([2H])([2H])Oc1cc([C@]2([2H])c3cc4c(cc3[C@@H](O[C@@H]3O[C@H]5[C@@H](O[C@H](C)OC5([2H])[2H])[C@H](O)[C@H]3O)[C@@H]3[C@@H]2C(=O)OC3([2H])[2H])OC([2H])([2H])O4)cc(OC([2H])([2H])[2H])c1O.[2H]C([2H])([2H])Oc1cc([C@]2([2H])c3cc4c(cc3[C@@H](O[C@@H]3O[C@H]5[C@@H](O[C@H](C)OC5([2H])[2H])[C@H](O)[C@H]3O)[C@H]3COC(=O)[C@@H]32)OC([2H])([2H])O4)cc(OC([2H])([2H])[2H])c1O. The van der Waals surface area contributed by atoms with Crippen molar-refractivity contribution in [3.8, 4) is 86.2 Å². The van der Waals surface area contributed by atoms with Crippen LogP contribution in [-0.2, 0) is 85.4 Å². The molecule has 30 atom stereocenters. The molecule has 126 heavy (non-hydrogen) atoms. The first-order valence-electron chi connectivity index (χ1n) is 56.3. The number of carbonyl (C=O) groups excluding carboxylic acids is 3. The third kappa shape index (κ3) is 14.8. The second-order valence-corrected chi connectivity index (χ2v) is 30.5. The highest BCUT2D eigenvalue weighted by molar-refractivity contribution is 5.81. The van der Waals surface area contributed by atoms with Crippen LogP contribution in [0.5, 0.6) is 86.2 Å². The summed E-state index contributed by atoms with van der Waals surface area (Å²) in [6, 6.07) is 12.2. The van der Waals surface area contributed by atoms with Crippen molar-refractivity contribution >= 4 is 17.9 Å². The van der Waals surface area contributed by atoms with Gasteiger partial charge in [0.25, 0.3) is 0 Å². The Hall–Kier alpha value is -9.99. The van der Waals surface area contributed by atoms with Crippen LogP contribution in [0.2, 0.25) is 0 Å². The first kappa shape index (κ1) is 53.1. The number of aromatic hydroxyl groups is 3. The summed E-state index contributed by atoms with van der Waals surface area (Å²) in [5.41, 5.74) is -2.00. The number of hydrogen-bond donors (Lipinski definition) is 9. The highest BCUT2D eigenvalue weighted by Gasteiger charge is 2.61. The quantitative estimate of drug-likeness (QED) is 0.0518. The zero-order chi connectivity index (χ0) is 119. The van der Waals surface area contributed by atoms with Gasteiger partial charge < -0.3 is 174 Å². The third-order valence-corrected chi connectivity index (χ3v) is 23.5. The van der Waals surface area contributed by atoms with Gasteiger partial charge in [0.05, 0.1) is 156 Å². The summed E-state index contributed by atoms with van der Waals surface area (Å²) in [6.07, 6.45) is -35.0. The lowest BCUT2D eigenvalue weighted by Crippen LogP contribution is -2.63. The average Bonchev–Trinajstić information content (AvgIpc) is 1.50. The van der Waals surface area contributed by atoms with Gasteiger partial charge in [0, 0.05) is 38.2 Å². The summed E-state index contributed by atoms with van der Waals surface area (Å²) >= 11 is 0. The number of fused-ring (bicyclic) bond motifs is 12. The fourth-order valence-electron chi connectivity index (χ4n) is 17.8. The van der Waals surface area contributed by atoms with Gasteiger partial charge in [-0.1, -0.05) is 0 Å². The van der Waals surface area contributed by atoms with Crippen molar-refractivity contribution in [2.45, 2.75) is 168 Å². The van der Waals surface area contributed by atoms with Crippen molar-refractivity contribution in [2.24, 2.45) is 35.5 Å². The van der Waals surface area contributed by atoms with Crippen LogP contribution in [0.3, 0.4) is 0 Å². The molecule has 39 heteroatoms. The fraction of sp³-hybridized carbons (Fsp3) is 0.552. The molecule has 0 bridgehead atoms. The van der Waals surface area contributed by atoms with E-state index >= 15 is 0 Å². The molecule has 0 radical (unpaired) electrons. The maximum Gasteiger partial charge on any atom is 0.310 e. The van der Waals surface area contributed by atoms with Crippen molar-refractivity contribution < 1.29 is 238 Å². The Labute approximate surface area is 769 Å². The van der Waals surface area contributed by atoms with Gasteiger partial charge >= 0.3 is 17.9 Å². The van der Waals surface area contributed by atoms with Crippen LogP contribution in [0.4, 0.5) is 0 Å². The van der Waals surface area contributed by atoms with Crippen LogP contribution >= 0.6 is 0 Å². The molecule has 0 aromatic heterocycles. The molecule has 0 unspecified atom stereocenters. The van der Waals surface area contributed by atoms with Crippen LogP contribution in [0.15, 0.2) is 72.8 Å². The maximum atomic E-state index is 13.9. The van der Waals surface area contributed by atoms with Gasteiger partial charge in [-0.2, -0.15) is 0 Å². The monoisotopic (exact) mass is 1800 g/mol. The second-order valence-electron chi connectivity index (χ2n) is 30.5. The molecule has 12 heterocycles. The molecule has 9 saturated heterocycles. The Morgan fingerprint density at radius 1 is 0.341 bits per heavy atom. The summed E-state index contributed by atoms with van der Waals surface area (Å²) in [5.74, 6) is -30.3. The fourth-order valence-corrected chi connectivity index (χ4v) is 17.8. The Morgan fingerprint density at radius 2 is 0.635 bits per heavy atom. The number of benzene rings is 6. The van der Waals surface area contributed by atoms with Crippen molar-refractivity contribution in [3.63, 3.8) is 0 Å². The molecule has 6 aromatic rings. The van der Waals surface area contributed by atoms with E-state index < -0.39 is 360 Å². The lowest BCUT2D eigenvalue weighted by Gasteiger charge is -2.47. The highest BCUT2D eigenvalue weighted by Crippen LogP contribution is 2.62. The zero-order valence-electron chi connectivity index (χ0n) is 101. The Balaban J connectivity index is 0.000000150. The van der Waals surface area contributed by atoms with Gasteiger partial charge in [0.2, 0.25) is 37.5 Å². The number of hydrogen-bond acceptors (Lipinski definition) is 39. The van der Waals surface area contributed by atoms with Gasteiger partial charge in [0.15, 0.2) is 107 Å². The smallest absolute Gasteiger partial charge is 0.310 e. The van der Waals surface area contributed by atoms with E-state index in [0.29, 0.717) is 0 Å². The van der Waals surface area contributed by atoms with E-state index in [2.05, 4.69) is 0 Å². The molecule has 12 aliphatic heterocycles. The minimum Gasteiger partial charge on any atom is -0.502 e. The van der Waals surface area contributed by atoms with E-state index in [1.807, 2.05) is 0 Å². The van der Waals surface area contributed by atoms with Crippen molar-refractivity contribution in [2.75, 3.05) is 102 Å². The van der Waals surface area contributed by atoms with Crippen LogP contribution in [0.1, 0.15) is 156 Å². The maximum absolute atomic E-state index is 13.9. The first-order valence-corrected chi connectivity index (χ1v) is 38.3. The number of methoxy groups -OCH3 is 6. The molecule has 0 saturated carbocycles. The van der Waals surface area contributed by atoms with E-state index in [0.717, 1.165) is 54.6 Å². The standard InChI is InChI=1S/3C29H32O13/c3*1-11-36-9-20-27(40-11)24(31)25(32)29(41-20)42-26-14-7-17-16(38-10-39-17)6-13(14)21(22-15(26)8-37-28(22)33)12-4-18(34-2)23(30)19(5-12)35-3/h3*4-7,11,15,20-22,24-27,29-32H,8-10H2,1-3H3/t3*11-,15+,20-,21-,22+,24-,25-,26-,27-,29+/m111/s1/i2D3,3D3,8D2,9D2,10D2,21D;2D3,3D3,9D2,10D2,21D;2D3,3D3,8D2,9D2,10D2. The molecular formula is C87H96O39. The molecule has 0 spiro atoms. The first-order chi connectivity index (χ1) is 74.2. The van der Waals surface area contributed by atoms with Crippen molar-refractivity contribution in [1.82, 2.24) is 0 Å². The number of ether oxygens (including phenoxy) is 27. The number of cyclic esters (lactones) is 3. The summed E-state index contributed by atoms with van der Waals surface area (Å²) in [5, 5.41) is 99.2. The Morgan fingerprint density at radius 3 is 0.992 bits per heavy atom. The number of phenolic OH excluding ortho intramolecular Hbond substituents is 3. The van der Waals surface area contributed by atoms with Crippen molar-refractivity contribution in [1.29, 1.82) is 0 Å². The van der Waals surface area contributed by atoms with Crippen LogP contribution in [0, 0.1) is 35.5 Å². The predicted octanol–water partition coefficient (Wildman–Crippen LogP) is 4.02. The molecule has 3 aliphatic carbocycles.